The average Bonchev–Trinajstić information content (AvgIpc) is 2.28. The second kappa shape index (κ2) is 6.38. The van der Waals surface area contributed by atoms with Crippen molar-refractivity contribution in [1.82, 2.24) is 5.32 Å². The standard InChI is InChI=1S/C13H20BrNO/c1-9(11(3)16-4)15-10(2)12-7-5-6-8-13(12)14/h5-11,15H,1-4H3. The van der Waals surface area contributed by atoms with E-state index in [1.807, 2.05) is 6.07 Å². The molecular weight excluding hydrogens is 266 g/mol. The Bertz CT molecular complexity index is 329. The number of hydrogen-bond acceptors (Lipinski definition) is 2. The highest BCUT2D eigenvalue weighted by Gasteiger charge is 2.15. The van der Waals surface area contributed by atoms with Crippen LogP contribution in [0.25, 0.3) is 0 Å². The highest BCUT2D eigenvalue weighted by atomic mass is 79.9. The van der Waals surface area contributed by atoms with Crippen LogP contribution < -0.4 is 5.32 Å². The van der Waals surface area contributed by atoms with Crippen LogP contribution in [-0.4, -0.2) is 19.3 Å². The molecule has 0 heterocycles. The van der Waals surface area contributed by atoms with Crippen molar-refractivity contribution in [2.75, 3.05) is 7.11 Å². The third-order valence-electron chi connectivity index (χ3n) is 2.96. The van der Waals surface area contributed by atoms with Gasteiger partial charge in [0.1, 0.15) is 0 Å². The van der Waals surface area contributed by atoms with Crippen molar-refractivity contribution in [2.24, 2.45) is 0 Å². The van der Waals surface area contributed by atoms with Gasteiger partial charge in [0.2, 0.25) is 0 Å². The van der Waals surface area contributed by atoms with Crippen LogP contribution in [0.1, 0.15) is 32.4 Å². The Hall–Kier alpha value is -0.380. The molecular formula is C13H20BrNO. The number of hydrogen-bond donors (Lipinski definition) is 1. The van der Waals surface area contributed by atoms with E-state index in [0.717, 1.165) is 4.47 Å². The number of halogens is 1. The SMILES string of the molecule is COC(C)C(C)NC(C)c1ccccc1Br. The molecule has 0 aliphatic heterocycles. The molecule has 0 bridgehead atoms. The summed E-state index contributed by atoms with van der Waals surface area (Å²) in [4.78, 5) is 0. The van der Waals surface area contributed by atoms with E-state index in [-0.39, 0.29) is 6.10 Å². The maximum atomic E-state index is 5.30. The van der Waals surface area contributed by atoms with E-state index in [4.69, 9.17) is 4.74 Å². The number of ether oxygens (including phenoxy) is 1. The minimum absolute atomic E-state index is 0.213. The van der Waals surface area contributed by atoms with Crippen molar-refractivity contribution in [3.05, 3.63) is 34.3 Å². The zero-order valence-electron chi connectivity index (χ0n) is 10.3. The molecule has 2 nitrogen and oxygen atoms in total. The van der Waals surface area contributed by atoms with Crippen LogP contribution in [0.4, 0.5) is 0 Å². The molecule has 0 aliphatic carbocycles. The smallest absolute Gasteiger partial charge is 0.0693 e. The number of nitrogens with one attached hydrogen (secondary N) is 1. The molecule has 0 saturated carbocycles. The Morgan fingerprint density at radius 2 is 1.81 bits per heavy atom. The molecule has 1 aromatic carbocycles. The van der Waals surface area contributed by atoms with Crippen molar-refractivity contribution < 1.29 is 4.74 Å². The molecule has 0 aliphatic rings. The molecule has 0 saturated heterocycles. The van der Waals surface area contributed by atoms with E-state index in [1.165, 1.54) is 5.56 Å². The third kappa shape index (κ3) is 3.58. The summed E-state index contributed by atoms with van der Waals surface area (Å²) in [6, 6.07) is 8.92. The minimum Gasteiger partial charge on any atom is -0.380 e. The van der Waals surface area contributed by atoms with E-state index in [9.17, 15) is 0 Å². The minimum atomic E-state index is 0.213. The van der Waals surface area contributed by atoms with Gasteiger partial charge in [0, 0.05) is 23.7 Å². The highest BCUT2D eigenvalue weighted by molar-refractivity contribution is 9.10. The molecule has 1 rings (SSSR count). The fourth-order valence-electron chi connectivity index (χ4n) is 1.65. The van der Waals surface area contributed by atoms with E-state index in [0.29, 0.717) is 12.1 Å². The zero-order chi connectivity index (χ0) is 12.1. The first-order valence-electron chi connectivity index (χ1n) is 5.59. The van der Waals surface area contributed by atoms with Crippen molar-refractivity contribution >= 4 is 15.9 Å². The van der Waals surface area contributed by atoms with Crippen molar-refractivity contribution in [1.29, 1.82) is 0 Å². The molecule has 90 valence electrons. The average molecular weight is 286 g/mol. The van der Waals surface area contributed by atoms with Crippen LogP contribution >= 0.6 is 15.9 Å². The Balaban J connectivity index is 2.65. The van der Waals surface area contributed by atoms with Crippen LogP contribution in [-0.2, 0) is 4.74 Å². The van der Waals surface area contributed by atoms with Gasteiger partial charge in [0.15, 0.2) is 0 Å². The Labute approximate surface area is 107 Å². The normalized spacial score (nSPS) is 16.8. The molecule has 16 heavy (non-hydrogen) atoms. The van der Waals surface area contributed by atoms with E-state index in [1.54, 1.807) is 7.11 Å². The Morgan fingerprint density at radius 3 is 2.38 bits per heavy atom. The van der Waals surface area contributed by atoms with Gasteiger partial charge >= 0.3 is 0 Å². The van der Waals surface area contributed by atoms with E-state index >= 15 is 0 Å². The van der Waals surface area contributed by atoms with E-state index < -0.39 is 0 Å². The number of rotatable bonds is 5. The van der Waals surface area contributed by atoms with Crippen molar-refractivity contribution in [3.63, 3.8) is 0 Å². The van der Waals surface area contributed by atoms with Gasteiger partial charge in [0.05, 0.1) is 6.10 Å². The second-order valence-electron chi connectivity index (χ2n) is 4.14. The van der Waals surface area contributed by atoms with Gasteiger partial charge < -0.3 is 10.1 Å². The van der Waals surface area contributed by atoms with Gasteiger partial charge in [0.25, 0.3) is 0 Å². The predicted octanol–water partition coefficient (Wildman–Crippen LogP) is 3.52. The fraction of sp³-hybridized carbons (Fsp3) is 0.538. The number of benzene rings is 1. The van der Waals surface area contributed by atoms with Gasteiger partial charge in [-0.3, -0.25) is 0 Å². The van der Waals surface area contributed by atoms with Gasteiger partial charge in [-0.05, 0) is 32.4 Å². The monoisotopic (exact) mass is 285 g/mol. The molecule has 0 radical (unpaired) electrons. The number of methoxy groups -OCH3 is 1. The summed E-state index contributed by atoms with van der Waals surface area (Å²) in [6.45, 7) is 6.38. The van der Waals surface area contributed by atoms with E-state index in [2.05, 4.69) is 60.2 Å². The molecule has 1 N–H and O–H groups in total. The summed E-state index contributed by atoms with van der Waals surface area (Å²) in [5.74, 6) is 0. The molecule has 0 fully saturated rings. The van der Waals surface area contributed by atoms with Crippen LogP contribution in [0.2, 0.25) is 0 Å². The van der Waals surface area contributed by atoms with Crippen LogP contribution in [0.3, 0.4) is 0 Å². The second-order valence-corrected chi connectivity index (χ2v) is 4.99. The molecule has 0 spiro atoms. The summed E-state index contributed by atoms with van der Waals surface area (Å²) in [6.07, 6.45) is 0.213. The van der Waals surface area contributed by atoms with Gasteiger partial charge in [-0.25, -0.2) is 0 Å². The zero-order valence-corrected chi connectivity index (χ0v) is 11.9. The summed E-state index contributed by atoms with van der Waals surface area (Å²) in [5, 5.41) is 3.53. The molecule has 1 aromatic rings. The highest BCUT2D eigenvalue weighted by Crippen LogP contribution is 2.23. The molecule has 0 aromatic heterocycles. The predicted molar refractivity (Wildman–Crippen MR) is 71.6 cm³/mol. The fourth-order valence-corrected chi connectivity index (χ4v) is 2.28. The maximum absolute atomic E-state index is 5.30. The van der Waals surface area contributed by atoms with Gasteiger partial charge in [-0.1, -0.05) is 34.1 Å². The first kappa shape index (κ1) is 13.7. The van der Waals surface area contributed by atoms with Crippen LogP contribution in [0.15, 0.2) is 28.7 Å². The molecule has 3 heteroatoms. The lowest BCUT2D eigenvalue weighted by molar-refractivity contribution is 0.0852. The lowest BCUT2D eigenvalue weighted by Gasteiger charge is -2.25. The molecule has 0 amide bonds. The molecule has 3 atom stereocenters. The lowest BCUT2D eigenvalue weighted by Crippen LogP contribution is -2.38. The summed E-state index contributed by atoms with van der Waals surface area (Å²) >= 11 is 3.57. The van der Waals surface area contributed by atoms with Gasteiger partial charge in [-0.2, -0.15) is 0 Å². The van der Waals surface area contributed by atoms with Gasteiger partial charge in [-0.15, -0.1) is 0 Å². The summed E-state index contributed by atoms with van der Waals surface area (Å²) < 4.78 is 6.45. The summed E-state index contributed by atoms with van der Waals surface area (Å²) in [7, 11) is 1.74. The van der Waals surface area contributed by atoms with Crippen LogP contribution in [0, 0.1) is 0 Å². The lowest BCUT2D eigenvalue weighted by atomic mass is 10.1. The Morgan fingerprint density at radius 1 is 1.19 bits per heavy atom. The van der Waals surface area contributed by atoms with Crippen molar-refractivity contribution in [2.45, 2.75) is 39.0 Å². The van der Waals surface area contributed by atoms with Crippen LogP contribution in [0.5, 0.6) is 0 Å². The summed E-state index contributed by atoms with van der Waals surface area (Å²) in [5.41, 5.74) is 1.28. The quantitative estimate of drug-likeness (QED) is 0.894. The Kier molecular flexibility index (Phi) is 5.46. The first-order valence-corrected chi connectivity index (χ1v) is 6.38. The largest absolute Gasteiger partial charge is 0.380 e. The first-order chi connectivity index (χ1) is 7.56. The molecule has 3 unspecified atom stereocenters. The maximum Gasteiger partial charge on any atom is 0.0693 e. The topological polar surface area (TPSA) is 21.3 Å². The third-order valence-corrected chi connectivity index (χ3v) is 3.68. The van der Waals surface area contributed by atoms with Crippen molar-refractivity contribution in [3.8, 4) is 0 Å².